The first kappa shape index (κ1) is 21.9. The molecule has 1 fully saturated rings. The van der Waals surface area contributed by atoms with Crippen molar-refractivity contribution in [3.05, 3.63) is 54.4 Å². The van der Waals surface area contributed by atoms with Crippen LogP contribution in [0.3, 0.4) is 0 Å². The maximum atomic E-state index is 13.1. The van der Waals surface area contributed by atoms with Crippen LogP contribution >= 0.6 is 0 Å². The van der Waals surface area contributed by atoms with Gasteiger partial charge in [0.1, 0.15) is 5.82 Å². The Kier molecular flexibility index (Phi) is 6.78. The summed E-state index contributed by atoms with van der Waals surface area (Å²) in [7, 11) is 0. The zero-order valence-corrected chi connectivity index (χ0v) is 18.0. The van der Waals surface area contributed by atoms with Crippen LogP contribution in [-0.2, 0) is 9.59 Å². The van der Waals surface area contributed by atoms with E-state index in [2.05, 4.69) is 9.89 Å². The molecular formula is C24H27FN4O3. The van der Waals surface area contributed by atoms with Gasteiger partial charge in [-0.3, -0.25) is 14.5 Å². The summed E-state index contributed by atoms with van der Waals surface area (Å²) < 4.78 is 13.1. The fraction of sp³-hybridized carbons (Fsp3) is 0.417. The second-order valence-electron chi connectivity index (χ2n) is 8.19. The predicted molar refractivity (Wildman–Crippen MR) is 120 cm³/mol. The van der Waals surface area contributed by atoms with E-state index in [4.69, 9.17) is 0 Å². The van der Waals surface area contributed by atoms with Gasteiger partial charge in [-0.05, 0) is 43.2 Å². The largest absolute Gasteiger partial charge is 0.368 e. The summed E-state index contributed by atoms with van der Waals surface area (Å²) in [5.74, 6) is -0.817. The molecular weight excluding hydrogens is 411 g/mol. The Labute approximate surface area is 186 Å². The van der Waals surface area contributed by atoms with Crippen LogP contribution in [0.5, 0.6) is 0 Å². The summed E-state index contributed by atoms with van der Waals surface area (Å²) >= 11 is 0. The predicted octanol–water partition coefficient (Wildman–Crippen LogP) is 3.18. The van der Waals surface area contributed by atoms with Crippen molar-refractivity contribution in [2.75, 3.05) is 37.6 Å². The minimum atomic E-state index is -0.503. The molecule has 0 N–H and O–H groups in total. The summed E-state index contributed by atoms with van der Waals surface area (Å²) in [4.78, 5) is 46.5. The molecule has 0 aromatic heterocycles. The van der Waals surface area contributed by atoms with Crippen molar-refractivity contribution in [3.63, 3.8) is 0 Å². The van der Waals surface area contributed by atoms with Gasteiger partial charge >= 0.3 is 6.03 Å². The molecule has 2 aliphatic heterocycles. The second kappa shape index (κ2) is 9.89. The lowest BCUT2D eigenvalue weighted by Crippen LogP contribution is -2.48. The average Bonchev–Trinajstić information content (AvgIpc) is 2.81. The first-order valence-corrected chi connectivity index (χ1v) is 11.1. The van der Waals surface area contributed by atoms with E-state index in [1.165, 1.54) is 17.0 Å². The maximum absolute atomic E-state index is 13.1. The van der Waals surface area contributed by atoms with Gasteiger partial charge in [0, 0.05) is 44.8 Å². The van der Waals surface area contributed by atoms with Gasteiger partial charge in [-0.15, -0.1) is 0 Å². The number of piperazine rings is 1. The van der Waals surface area contributed by atoms with E-state index in [9.17, 15) is 18.8 Å². The van der Waals surface area contributed by atoms with E-state index < -0.39 is 11.9 Å². The lowest BCUT2D eigenvalue weighted by atomic mass is 9.95. The second-order valence-corrected chi connectivity index (χ2v) is 8.19. The first-order valence-electron chi connectivity index (χ1n) is 11.1. The average molecular weight is 439 g/mol. The number of halogens is 1. The number of urea groups is 1. The Hall–Kier alpha value is -3.29. The summed E-state index contributed by atoms with van der Waals surface area (Å²) in [5, 5.41) is 0. The van der Waals surface area contributed by atoms with Crippen LogP contribution in [0.15, 0.2) is 53.6 Å². The molecule has 1 atom stereocenters. The van der Waals surface area contributed by atoms with Crippen molar-refractivity contribution in [1.29, 1.82) is 0 Å². The van der Waals surface area contributed by atoms with Crippen LogP contribution < -0.4 is 4.90 Å². The molecule has 4 rings (SSSR count). The number of rotatable bonds is 7. The highest BCUT2D eigenvalue weighted by Gasteiger charge is 2.35. The third-order valence-electron chi connectivity index (χ3n) is 6.08. The Morgan fingerprint density at radius 3 is 2.50 bits per heavy atom. The molecule has 4 amide bonds. The lowest BCUT2D eigenvalue weighted by molar-refractivity contribution is -0.132. The van der Waals surface area contributed by atoms with Crippen molar-refractivity contribution in [1.82, 2.24) is 9.80 Å². The number of allylic oxidation sites excluding steroid dienone is 3. The standard InChI is InChI=1S/C24H27FN4O3/c25-18-9-11-19(12-10-18)27-14-16-28(17-15-27)22(30)8-2-1-5-13-29-23(31)20-6-3-4-7-21(20)26-24(29)32/h3-4,6-7,9-12,20H,1-2,5,8,13-17H2. The molecule has 0 saturated carbocycles. The van der Waals surface area contributed by atoms with Crippen molar-refractivity contribution in [3.8, 4) is 0 Å². The van der Waals surface area contributed by atoms with Gasteiger partial charge < -0.3 is 9.80 Å². The molecule has 1 aliphatic carbocycles. The lowest BCUT2D eigenvalue weighted by Gasteiger charge is -2.36. The minimum Gasteiger partial charge on any atom is -0.368 e. The number of unbranched alkanes of at least 4 members (excludes halogenated alkanes) is 2. The highest BCUT2D eigenvalue weighted by molar-refractivity contribution is 6.21. The molecule has 8 heteroatoms. The molecule has 0 bridgehead atoms. The van der Waals surface area contributed by atoms with E-state index in [1.807, 2.05) is 4.90 Å². The van der Waals surface area contributed by atoms with Crippen LogP contribution in [0.1, 0.15) is 25.7 Å². The van der Waals surface area contributed by atoms with Gasteiger partial charge in [-0.25, -0.2) is 9.18 Å². The zero-order chi connectivity index (χ0) is 22.5. The van der Waals surface area contributed by atoms with E-state index in [0.717, 1.165) is 25.2 Å². The molecule has 1 aromatic carbocycles. The molecule has 2 heterocycles. The number of anilines is 1. The summed E-state index contributed by atoms with van der Waals surface area (Å²) in [6.07, 6.45) is 9.60. The van der Waals surface area contributed by atoms with Gasteiger partial charge in [-0.1, -0.05) is 24.6 Å². The van der Waals surface area contributed by atoms with E-state index in [-0.39, 0.29) is 17.6 Å². The van der Waals surface area contributed by atoms with E-state index >= 15 is 0 Å². The number of hydrogen-bond acceptors (Lipinski definition) is 4. The SMILES string of the molecule is O=C(CCCCCN1C(=O)N=C2C=CC=CC2C1=O)N1CCN(c2ccc(F)cc2)CC1. The van der Waals surface area contributed by atoms with Gasteiger partial charge in [0.25, 0.3) is 0 Å². The van der Waals surface area contributed by atoms with Crippen molar-refractivity contribution in [2.24, 2.45) is 10.9 Å². The summed E-state index contributed by atoms with van der Waals surface area (Å²) in [6.45, 7) is 3.08. The van der Waals surface area contributed by atoms with Crippen LogP contribution in [0.25, 0.3) is 0 Å². The van der Waals surface area contributed by atoms with E-state index in [0.29, 0.717) is 44.6 Å². The summed E-state index contributed by atoms with van der Waals surface area (Å²) in [5.41, 5.74) is 1.47. The molecule has 1 saturated heterocycles. The van der Waals surface area contributed by atoms with Gasteiger partial charge in [-0.2, -0.15) is 4.99 Å². The number of carbonyl (C=O) groups is 3. The smallest absolute Gasteiger partial charge is 0.350 e. The van der Waals surface area contributed by atoms with Gasteiger partial charge in [0.2, 0.25) is 11.8 Å². The van der Waals surface area contributed by atoms with Crippen molar-refractivity contribution in [2.45, 2.75) is 25.7 Å². The third kappa shape index (κ3) is 4.95. The Morgan fingerprint density at radius 2 is 1.75 bits per heavy atom. The minimum absolute atomic E-state index is 0.127. The quantitative estimate of drug-likeness (QED) is 0.613. The molecule has 168 valence electrons. The zero-order valence-electron chi connectivity index (χ0n) is 18.0. The number of aliphatic imine (C=N–C) groups is 1. The van der Waals surface area contributed by atoms with Crippen molar-refractivity contribution < 1.29 is 18.8 Å². The molecule has 0 radical (unpaired) electrons. The number of nitrogens with zero attached hydrogens (tertiary/aromatic N) is 4. The van der Waals surface area contributed by atoms with Gasteiger partial charge in [0.05, 0.1) is 11.6 Å². The number of hydrogen-bond donors (Lipinski definition) is 0. The normalized spacial score (nSPS) is 20.5. The molecule has 3 aliphatic rings. The fourth-order valence-corrected chi connectivity index (χ4v) is 4.23. The van der Waals surface area contributed by atoms with Gasteiger partial charge in [0.15, 0.2) is 0 Å². The highest BCUT2D eigenvalue weighted by Crippen LogP contribution is 2.21. The maximum Gasteiger partial charge on any atom is 0.350 e. The molecule has 7 nitrogen and oxygen atoms in total. The Morgan fingerprint density at radius 1 is 1.00 bits per heavy atom. The molecule has 1 unspecified atom stereocenters. The number of benzene rings is 1. The van der Waals surface area contributed by atoms with Crippen LogP contribution in [0, 0.1) is 11.7 Å². The van der Waals surface area contributed by atoms with Crippen molar-refractivity contribution >= 4 is 29.2 Å². The summed E-state index contributed by atoms with van der Waals surface area (Å²) in [6, 6.07) is 5.92. The van der Waals surface area contributed by atoms with Crippen LogP contribution in [-0.4, -0.2) is 66.1 Å². The van der Waals surface area contributed by atoms with Crippen LogP contribution in [0.4, 0.5) is 14.9 Å². The Bertz CT molecular complexity index is 962. The molecule has 0 spiro atoms. The number of fused-ring (bicyclic) bond motifs is 1. The van der Waals surface area contributed by atoms with E-state index in [1.54, 1.807) is 36.4 Å². The van der Waals surface area contributed by atoms with Crippen LogP contribution in [0.2, 0.25) is 0 Å². The fourth-order valence-electron chi connectivity index (χ4n) is 4.23. The third-order valence-corrected chi connectivity index (χ3v) is 6.08. The number of amides is 4. The highest BCUT2D eigenvalue weighted by atomic mass is 19.1. The first-order chi connectivity index (χ1) is 15.5. The number of carbonyl (C=O) groups excluding carboxylic acids is 3. The topological polar surface area (TPSA) is 73.3 Å². The Balaban J connectivity index is 1.15. The molecule has 1 aromatic rings. The monoisotopic (exact) mass is 438 g/mol. The molecule has 32 heavy (non-hydrogen) atoms. The number of imide groups is 1.